The van der Waals surface area contributed by atoms with Gasteiger partial charge < -0.3 is 10.6 Å². The van der Waals surface area contributed by atoms with Gasteiger partial charge in [-0.2, -0.15) is 5.10 Å². The van der Waals surface area contributed by atoms with Crippen molar-refractivity contribution in [3.8, 4) is 0 Å². The fraction of sp³-hybridized carbons (Fsp3) is 0.636. The Labute approximate surface area is 114 Å². The number of nitrogens with zero attached hydrogens (tertiary/aromatic N) is 3. The third-order valence-electron chi connectivity index (χ3n) is 3.14. The van der Waals surface area contributed by atoms with Crippen molar-refractivity contribution in [2.24, 2.45) is 5.73 Å². The highest BCUT2D eigenvalue weighted by Gasteiger charge is 2.30. The van der Waals surface area contributed by atoms with E-state index in [9.17, 15) is 14.4 Å². The summed E-state index contributed by atoms with van der Waals surface area (Å²) in [5, 5.41) is 4.59. The van der Waals surface area contributed by atoms with E-state index in [-0.39, 0.29) is 17.3 Å². The molecule has 8 heteroatoms. The molecule has 19 heavy (non-hydrogen) atoms. The molecule has 1 aliphatic heterocycles. The molecule has 2 amide bonds. The number of piperidine rings is 1. The van der Waals surface area contributed by atoms with Gasteiger partial charge >= 0.3 is 4.87 Å². The lowest BCUT2D eigenvalue weighted by atomic mass is 10.0. The van der Waals surface area contributed by atoms with Crippen LogP contribution in [0.5, 0.6) is 0 Å². The van der Waals surface area contributed by atoms with Gasteiger partial charge in [0, 0.05) is 6.54 Å². The third-order valence-corrected chi connectivity index (χ3v) is 3.91. The molecule has 2 N–H and O–H groups in total. The lowest BCUT2D eigenvalue weighted by Crippen LogP contribution is -2.51. The Morgan fingerprint density at radius 2 is 2.21 bits per heavy atom. The SMILES string of the molecule is Cc1nn(CC(=O)N2CCCCC2C(N)=O)c(=O)s1. The smallest absolute Gasteiger partial charge is 0.325 e. The number of nitrogens with two attached hydrogens (primary N) is 1. The van der Waals surface area contributed by atoms with Crippen LogP contribution in [0.15, 0.2) is 4.79 Å². The molecular formula is C11H16N4O3S. The van der Waals surface area contributed by atoms with Crippen LogP contribution in [0.25, 0.3) is 0 Å². The van der Waals surface area contributed by atoms with Crippen LogP contribution in [0.2, 0.25) is 0 Å². The molecule has 1 fully saturated rings. The number of aromatic nitrogens is 2. The summed E-state index contributed by atoms with van der Waals surface area (Å²) in [5.41, 5.74) is 5.31. The molecule has 104 valence electrons. The van der Waals surface area contributed by atoms with Gasteiger partial charge in [-0.25, -0.2) is 4.68 Å². The Kier molecular flexibility index (Phi) is 3.98. The quantitative estimate of drug-likeness (QED) is 0.807. The molecule has 2 rings (SSSR count). The zero-order valence-corrected chi connectivity index (χ0v) is 11.5. The summed E-state index contributed by atoms with van der Waals surface area (Å²) in [7, 11) is 0. The Hall–Kier alpha value is -1.70. The third kappa shape index (κ3) is 3.01. The summed E-state index contributed by atoms with van der Waals surface area (Å²) in [6.45, 7) is 2.08. The van der Waals surface area contributed by atoms with E-state index in [1.54, 1.807) is 6.92 Å². The van der Waals surface area contributed by atoms with Crippen molar-refractivity contribution < 1.29 is 9.59 Å². The lowest BCUT2D eigenvalue weighted by molar-refractivity contribution is -0.141. The minimum Gasteiger partial charge on any atom is -0.368 e. The van der Waals surface area contributed by atoms with E-state index >= 15 is 0 Å². The number of amides is 2. The van der Waals surface area contributed by atoms with Crippen molar-refractivity contribution in [3.05, 3.63) is 14.7 Å². The van der Waals surface area contributed by atoms with Crippen LogP contribution < -0.4 is 10.6 Å². The second-order valence-electron chi connectivity index (χ2n) is 4.55. The minimum atomic E-state index is -0.559. The molecule has 1 unspecified atom stereocenters. The zero-order chi connectivity index (χ0) is 14.0. The van der Waals surface area contributed by atoms with Gasteiger partial charge in [-0.1, -0.05) is 11.3 Å². The van der Waals surface area contributed by atoms with Crippen molar-refractivity contribution in [1.29, 1.82) is 0 Å². The number of hydrogen-bond acceptors (Lipinski definition) is 5. The molecule has 0 aliphatic carbocycles. The molecule has 0 aromatic carbocycles. The summed E-state index contributed by atoms with van der Waals surface area (Å²) < 4.78 is 1.13. The van der Waals surface area contributed by atoms with Crippen molar-refractivity contribution >= 4 is 23.2 Å². The Morgan fingerprint density at radius 1 is 1.47 bits per heavy atom. The Morgan fingerprint density at radius 3 is 2.79 bits per heavy atom. The van der Waals surface area contributed by atoms with Crippen LogP contribution in [0.1, 0.15) is 24.3 Å². The first-order chi connectivity index (χ1) is 8.99. The molecule has 0 bridgehead atoms. The fourth-order valence-corrected chi connectivity index (χ4v) is 2.86. The second kappa shape index (κ2) is 5.52. The molecule has 1 aliphatic rings. The molecule has 0 spiro atoms. The van der Waals surface area contributed by atoms with Crippen LogP contribution in [0.3, 0.4) is 0 Å². The predicted octanol–water partition coefficient (Wildman–Crippen LogP) is -0.520. The van der Waals surface area contributed by atoms with Gasteiger partial charge in [0.1, 0.15) is 17.6 Å². The zero-order valence-electron chi connectivity index (χ0n) is 10.7. The van der Waals surface area contributed by atoms with Crippen molar-refractivity contribution in [2.45, 2.75) is 38.8 Å². The van der Waals surface area contributed by atoms with E-state index < -0.39 is 11.9 Å². The minimum absolute atomic E-state index is 0.132. The number of hydrogen-bond donors (Lipinski definition) is 1. The Bertz CT molecular complexity index is 550. The van der Waals surface area contributed by atoms with Crippen LogP contribution in [0, 0.1) is 6.92 Å². The fourth-order valence-electron chi connectivity index (χ4n) is 2.25. The summed E-state index contributed by atoms with van der Waals surface area (Å²) in [4.78, 5) is 36.2. The topological polar surface area (TPSA) is 98.3 Å². The van der Waals surface area contributed by atoms with Crippen LogP contribution in [-0.4, -0.2) is 39.1 Å². The standard InChI is InChI=1S/C11H16N4O3S/c1-7-13-15(11(18)19-7)6-9(16)14-5-3-2-4-8(14)10(12)17/h8H,2-6H2,1H3,(H2,12,17). The lowest BCUT2D eigenvalue weighted by Gasteiger charge is -2.33. The van der Waals surface area contributed by atoms with Gasteiger partial charge in [-0.05, 0) is 26.2 Å². The monoisotopic (exact) mass is 284 g/mol. The van der Waals surface area contributed by atoms with Gasteiger partial charge in [0.25, 0.3) is 0 Å². The van der Waals surface area contributed by atoms with Gasteiger partial charge in [-0.3, -0.25) is 14.4 Å². The molecule has 1 atom stereocenters. The molecular weight excluding hydrogens is 268 g/mol. The first-order valence-electron chi connectivity index (χ1n) is 6.12. The highest BCUT2D eigenvalue weighted by Crippen LogP contribution is 2.17. The van der Waals surface area contributed by atoms with E-state index in [0.29, 0.717) is 18.0 Å². The normalized spacial score (nSPS) is 19.4. The van der Waals surface area contributed by atoms with Gasteiger partial charge in [0.15, 0.2) is 0 Å². The average molecular weight is 284 g/mol. The maximum absolute atomic E-state index is 12.2. The predicted molar refractivity (Wildman–Crippen MR) is 69.7 cm³/mol. The first kappa shape index (κ1) is 13.7. The van der Waals surface area contributed by atoms with Crippen molar-refractivity contribution in [2.75, 3.05) is 6.54 Å². The van der Waals surface area contributed by atoms with E-state index in [4.69, 9.17) is 5.73 Å². The average Bonchev–Trinajstić information content (AvgIpc) is 2.67. The summed E-state index contributed by atoms with van der Waals surface area (Å²) in [6.07, 6.45) is 2.32. The number of rotatable bonds is 3. The van der Waals surface area contributed by atoms with Gasteiger partial charge in [-0.15, -0.1) is 0 Å². The maximum Gasteiger partial charge on any atom is 0.325 e. The van der Waals surface area contributed by atoms with Crippen molar-refractivity contribution in [1.82, 2.24) is 14.7 Å². The van der Waals surface area contributed by atoms with Crippen LogP contribution in [-0.2, 0) is 16.1 Å². The Balaban J connectivity index is 2.12. The highest BCUT2D eigenvalue weighted by atomic mass is 32.1. The molecule has 2 heterocycles. The number of primary amides is 1. The molecule has 0 radical (unpaired) electrons. The number of carbonyl (C=O) groups is 2. The largest absolute Gasteiger partial charge is 0.368 e. The van der Waals surface area contributed by atoms with E-state index in [2.05, 4.69) is 5.10 Å². The first-order valence-corrected chi connectivity index (χ1v) is 6.94. The summed E-state index contributed by atoms with van der Waals surface area (Å²) >= 11 is 0.999. The second-order valence-corrected chi connectivity index (χ2v) is 5.69. The van der Waals surface area contributed by atoms with Crippen LogP contribution in [0.4, 0.5) is 0 Å². The van der Waals surface area contributed by atoms with E-state index in [1.165, 1.54) is 4.90 Å². The van der Waals surface area contributed by atoms with Gasteiger partial charge in [0.05, 0.1) is 0 Å². The molecule has 7 nitrogen and oxygen atoms in total. The molecule has 1 aromatic heterocycles. The van der Waals surface area contributed by atoms with E-state index in [1.807, 2.05) is 0 Å². The number of carbonyl (C=O) groups excluding carboxylic acids is 2. The number of likely N-dealkylation sites (tertiary alicyclic amines) is 1. The maximum atomic E-state index is 12.2. The van der Waals surface area contributed by atoms with Crippen LogP contribution >= 0.6 is 11.3 Å². The number of aryl methyl sites for hydroxylation is 1. The van der Waals surface area contributed by atoms with Gasteiger partial charge in [0.2, 0.25) is 11.8 Å². The molecule has 0 saturated carbocycles. The molecule has 1 aromatic rings. The highest BCUT2D eigenvalue weighted by molar-refractivity contribution is 7.08. The summed E-state index contributed by atoms with van der Waals surface area (Å²) in [5.74, 6) is -0.772. The summed E-state index contributed by atoms with van der Waals surface area (Å²) in [6, 6.07) is -0.559. The van der Waals surface area contributed by atoms with Crippen molar-refractivity contribution in [3.63, 3.8) is 0 Å². The molecule has 1 saturated heterocycles. The van der Waals surface area contributed by atoms with E-state index in [0.717, 1.165) is 28.9 Å².